The lowest BCUT2D eigenvalue weighted by Crippen LogP contribution is -2.48. The zero-order valence-corrected chi connectivity index (χ0v) is 16.1. The van der Waals surface area contributed by atoms with Gasteiger partial charge < -0.3 is 20.3 Å². The van der Waals surface area contributed by atoms with Crippen LogP contribution in [0.25, 0.3) is 0 Å². The Balaban J connectivity index is 1.34. The molecule has 7 heteroatoms. The number of piperidine rings is 1. The van der Waals surface area contributed by atoms with Gasteiger partial charge in [0.05, 0.1) is 12.7 Å². The summed E-state index contributed by atoms with van der Waals surface area (Å²) < 4.78 is 4.72. The van der Waals surface area contributed by atoms with Gasteiger partial charge in [0, 0.05) is 29.9 Å². The summed E-state index contributed by atoms with van der Waals surface area (Å²) in [6.07, 6.45) is 1.63. The molecule has 1 heterocycles. The SMILES string of the molecule is COC(=O)c1cccc(NC(=O)N2C[C@@H]3C[C@H]2C[C@@H]3NC(=O)c2ccccc2)c1. The maximum atomic E-state index is 12.7. The molecule has 4 rings (SSSR count). The lowest BCUT2D eigenvalue weighted by atomic mass is 10.0. The highest BCUT2D eigenvalue weighted by molar-refractivity contribution is 5.95. The molecule has 7 nitrogen and oxygen atoms in total. The summed E-state index contributed by atoms with van der Waals surface area (Å²) >= 11 is 0. The summed E-state index contributed by atoms with van der Waals surface area (Å²) in [7, 11) is 1.32. The highest BCUT2D eigenvalue weighted by Crippen LogP contribution is 2.38. The molecule has 3 amide bonds. The average Bonchev–Trinajstić information content (AvgIpc) is 3.34. The van der Waals surface area contributed by atoms with Gasteiger partial charge in [0.1, 0.15) is 0 Å². The Morgan fingerprint density at radius 3 is 2.45 bits per heavy atom. The molecule has 1 aliphatic heterocycles. The van der Waals surface area contributed by atoms with Crippen molar-refractivity contribution in [2.45, 2.75) is 24.9 Å². The maximum Gasteiger partial charge on any atom is 0.337 e. The van der Waals surface area contributed by atoms with Crippen molar-refractivity contribution in [3.05, 3.63) is 65.7 Å². The van der Waals surface area contributed by atoms with Crippen LogP contribution in [0.4, 0.5) is 10.5 Å². The summed E-state index contributed by atoms with van der Waals surface area (Å²) in [6.45, 7) is 0.604. The van der Waals surface area contributed by atoms with Gasteiger partial charge in [-0.2, -0.15) is 0 Å². The van der Waals surface area contributed by atoms with Crippen LogP contribution in [-0.4, -0.2) is 48.5 Å². The smallest absolute Gasteiger partial charge is 0.337 e. The second kappa shape index (κ2) is 7.95. The zero-order valence-electron chi connectivity index (χ0n) is 16.1. The molecule has 1 saturated heterocycles. The van der Waals surface area contributed by atoms with Gasteiger partial charge in [-0.05, 0) is 49.1 Å². The van der Waals surface area contributed by atoms with Crippen molar-refractivity contribution < 1.29 is 19.1 Å². The van der Waals surface area contributed by atoms with Crippen LogP contribution in [-0.2, 0) is 4.74 Å². The van der Waals surface area contributed by atoms with E-state index in [0.29, 0.717) is 23.4 Å². The first kappa shape index (κ1) is 19.0. The summed E-state index contributed by atoms with van der Waals surface area (Å²) in [6, 6.07) is 15.8. The number of carbonyl (C=O) groups is 3. The van der Waals surface area contributed by atoms with Crippen molar-refractivity contribution >= 4 is 23.6 Å². The number of hydrogen-bond donors (Lipinski definition) is 2. The van der Waals surface area contributed by atoms with Crippen molar-refractivity contribution in [3.8, 4) is 0 Å². The third-order valence-corrected chi connectivity index (χ3v) is 5.69. The van der Waals surface area contributed by atoms with Gasteiger partial charge >= 0.3 is 12.0 Å². The highest BCUT2D eigenvalue weighted by atomic mass is 16.5. The second-order valence-electron chi connectivity index (χ2n) is 7.49. The number of nitrogens with zero attached hydrogens (tertiary/aromatic N) is 1. The van der Waals surface area contributed by atoms with Gasteiger partial charge in [-0.15, -0.1) is 0 Å². The summed E-state index contributed by atoms with van der Waals surface area (Å²) in [5.74, 6) is -0.267. The number of urea groups is 1. The maximum absolute atomic E-state index is 12.7. The number of ether oxygens (including phenoxy) is 1. The van der Waals surface area contributed by atoms with Crippen LogP contribution in [0.1, 0.15) is 33.6 Å². The minimum Gasteiger partial charge on any atom is -0.465 e. The Morgan fingerprint density at radius 2 is 1.76 bits per heavy atom. The van der Waals surface area contributed by atoms with E-state index >= 15 is 0 Å². The van der Waals surface area contributed by atoms with Crippen LogP contribution in [0.15, 0.2) is 54.6 Å². The largest absolute Gasteiger partial charge is 0.465 e. The van der Waals surface area contributed by atoms with Gasteiger partial charge in [0.25, 0.3) is 5.91 Å². The minimum atomic E-state index is -0.446. The third kappa shape index (κ3) is 3.94. The van der Waals surface area contributed by atoms with Crippen LogP contribution in [0.2, 0.25) is 0 Å². The molecule has 1 aliphatic carbocycles. The first-order valence-electron chi connectivity index (χ1n) is 9.67. The molecule has 0 radical (unpaired) electrons. The number of likely N-dealkylation sites (tertiary alicyclic amines) is 1. The van der Waals surface area contributed by atoms with E-state index in [4.69, 9.17) is 4.74 Å². The number of methoxy groups -OCH3 is 1. The van der Waals surface area contributed by atoms with Gasteiger partial charge in [-0.25, -0.2) is 9.59 Å². The molecular weight excluding hydrogens is 370 g/mol. The van der Waals surface area contributed by atoms with E-state index in [0.717, 1.165) is 12.8 Å². The molecular formula is C22H23N3O4. The summed E-state index contributed by atoms with van der Waals surface area (Å²) in [4.78, 5) is 38.6. The van der Waals surface area contributed by atoms with Crippen molar-refractivity contribution in [1.29, 1.82) is 0 Å². The molecule has 0 aromatic heterocycles. The number of carbonyl (C=O) groups excluding carboxylic acids is 3. The van der Waals surface area contributed by atoms with Crippen LogP contribution >= 0.6 is 0 Å². The Hall–Kier alpha value is -3.35. The quantitative estimate of drug-likeness (QED) is 0.782. The number of amides is 3. The van der Waals surface area contributed by atoms with Crippen molar-refractivity contribution in [3.63, 3.8) is 0 Å². The van der Waals surface area contributed by atoms with E-state index in [2.05, 4.69) is 10.6 Å². The second-order valence-corrected chi connectivity index (χ2v) is 7.49. The number of rotatable bonds is 4. The van der Waals surface area contributed by atoms with E-state index in [9.17, 15) is 14.4 Å². The van der Waals surface area contributed by atoms with Crippen LogP contribution in [0.3, 0.4) is 0 Å². The number of benzene rings is 2. The number of esters is 1. The molecule has 29 heavy (non-hydrogen) atoms. The molecule has 3 atom stereocenters. The van der Waals surface area contributed by atoms with Gasteiger partial charge in [0.15, 0.2) is 0 Å². The third-order valence-electron chi connectivity index (χ3n) is 5.69. The van der Waals surface area contributed by atoms with Gasteiger partial charge in [0.2, 0.25) is 0 Å². The van der Waals surface area contributed by atoms with E-state index in [1.807, 2.05) is 23.1 Å². The molecule has 150 valence electrons. The van der Waals surface area contributed by atoms with E-state index in [1.54, 1.807) is 36.4 Å². The Morgan fingerprint density at radius 1 is 1.00 bits per heavy atom. The van der Waals surface area contributed by atoms with Gasteiger partial charge in [-0.1, -0.05) is 24.3 Å². The number of fused-ring (bicyclic) bond motifs is 2. The van der Waals surface area contributed by atoms with E-state index in [-0.39, 0.29) is 29.9 Å². The lowest BCUT2D eigenvalue weighted by molar-refractivity contribution is 0.0600. The number of anilines is 1. The Bertz CT molecular complexity index is 931. The van der Waals surface area contributed by atoms with Crippen molar-refractivity contribution in [1.82, 2.24) is 10.2 Å². The fraction of sp³-hybridized carbons (Fsp3) is 0.318. The molecule has 2 aliphatic rings. The topological polar surface area (TPSA) is 87.7 Å². The minimum absolute atomic E-state index is 0.0706. The van der Waals surface area contributed by atoms with Crippen LogP contribution in [0.5, 0.6) is 0 Å². The fourth-order valence-electron chi connectivity index (χ4n) is 4.26. The molecule has 0 spiro atoms. The fourth-order valence-corrected chi connectivity index (χ4v) is 4.26. The highest BCUT2D eigenvalue weighted by Gasteiger charge is 2.47. The summed E-state index contributed by atoms with van der Waals surface area (Å²) in [5, 5.41) is 5.97. The van der Waals surface area contributed by atoms with E-state index < -0.39 is 5.97 Å². The Kier molecular flexibility index (Phi) is 5.20. The molecule has 2 aromatic rings. The molecule has 2 N–H and O–H groups in total. The molecule has 2 aromatic carbocycles. The standard InChI is InChI=1S/C22H23N3O4/c1-29-21(27)15-8-5-9-17(10-15)23-22(28)25-13-16-11-18(25)12-19(16)24-20(26)14-6-3-2-4-7-14/h2-10,16,18-19H,11-13H2,1H3,(H,23,28)(H,24,26)/t16-,18-,19-/m0/s1. The van der Waals surface area contributed by atoms with Crippen LogP contribution < -0.4 is 10.6 Å². The zero-order chi connectivity index (χ0) is 20.4. The molecule has 0 unspecified atom stereocenters. The van der Waals surface area contributed by atoms with Crippen LogP contribution in [0, 0.1) is 5.92 Å². The van der Waals surface area contributed by atoms with Gasteiger partial charge in [-0.3, -0.25) is 4.79 Å². The predicted molar refractivity (Wildman–Crippen MR) is 108 cm³/mol. The normalized spacial score (nSPS) is 22.2. The Labute approximate surface area is 169 Å². The molecule has 2 fully saturated rings. The predicted octanol–water partition coefficient (Wildman–Crippen LogP) is 2.90. The lowest BCUT2D eigenvalue weighted by Gasteiger charge is -2.32. The summed E-state index contributed by atoms with van der Waals surface area (Å²) in [5.41, 5.74) is 1.59. The van der Waals surface area contributed by atoms with E-state index in [1.165, 1.54) is 7.11 Å². The first-order valence-corrected chi connectivity index (χ1v) is 9.67. The molecule has 1 saturated carbocycles. The number of nitrogens with one attached hydrogen (secondary N) is 2. The van der Waals surface area contributed by atoms with Crippen molar-refractivity contribution in [2.24, 2.45) is 5.92 Å². The monoisotopic (exact) mass is 393 g/mol. The molecule has 2 bridgehead atoms. The average molecular weight is 393 g/mol. The van der Waals surface area contributed by atoms with Crippen molar-refractivity contribution in [2.75, 3.05) is 19.0 Å². The first-order chi connectivity index (χ1) is 14.0. The number of hydrogen-bond acceptors (Lipinski definition) is 4.